The first-order valence-electron chi connectivity index (χ1n) is 6.38. The Balaban J connectivity index is 1.69. The van der Waals surface area contributed by atoms with Crippen molar-refractivity contribution in [2.24, 2.45) is 11.8 Å². The van der Waals surface area contributed by atoms with E-state index >= 15 is 0 Å². The van der Waals surface area contributed by atoms with Crippen molar-refractivity contribution in [2.45, 2.75) is 6.54 Å². The molecule has 2 saturated heterocycles. The van der Waals surface area contributed by atoms with E-state index in [2.05, 4.69) is 10.2 Å². The van der Waals surface area contributed by atoms with Crippen molar-refractivity contribution in [3.8, 4) is 6.07 Å². The monoisotopic (exact) mass is 245 g/mol. The number of hydrogen-bond acceptors (Lipinski definition) is 3. The lowest BCUT2D eigenvalue weighted by Gasteiger charge is -2.17. The zero-order valence-corrected chi connectivity index (χ0v) is 10.2. The minimum atomic E-state index is -0.260. The van der Waals surface area contributed by atoms with Crippen molar-refractivity contribution in [3.05, 3.63) is 35.1 Å². The molecule has 1 aromatic carbocycles. The maximum absolute atomic E-state index is 13.8. The van der Waals surface area contributed by atoms with E-state index in [1.807, 2.05) is 6.07 Å². The highest BCUT2D eigenvalue weighted by atomic mass is 19.1. The molecule has 0 amide bonds. The molecule has 0 radical (unpaired) electrons. The number of benzene rings is 1. The van der Waals surface area contributed by atoms with Gasteiger partial charge in [0, 0.05) is 25.2 Å². The summed E-state index contributed by atoms with van der Waals surface area (Å²) in [5, 5.41) is 12.1. The second-order valence-corrected chi connectivity index (χ2v) is 5.29. The molecular weight excluding hydrogens is 229 g/mol. The Labute approximate surface area is 106 Å². The zero-order chi connectivity index (χ0) is 12.5. The number of nitrogens with zero attached hydrogens (tertiary/aromatic N) is 2. The number of rotatable bonds is 2. The van der Waals surface area contributed by atoms with Crippen molar-refractivity contribution < 1.29 is 4.39 Å². The van der Waals surface area contributed by atoms with Gasteiger partial charge in [-0.3, -0.25) is 4.90 Å². The lowest BCUT2D eigenvalue weighted by Crippen LogP contribution is -2.25. The van der Waals surface area contributed by atoms with E-state index in [1.165, 1.54) is 6.07 Å². The van der Waals surface area contributed by atoms with Gasteiger partial charge < -0.3 is 5.32 Å². The molecule has 4 heteroatoms. The summed E-state index contributed by atoms with van der Waals surface area (Å²) in [6.45, 7) is 4.95. The first kappa shape index (κ1) is 11.6. The molecule has 2 fully saturated rings. The molecule has 0 bridgehead atoms. The van der Waals surface area contributed by atoms with E-state index in [-0.39, 0.29) is 5.82 Å². The summed E-state index contributed by atoms with van der Waals surface area (Å²) in [5.74, 6) is 1.20. The fourth-order valence-electron chi connectivity index (χ4n) is 3.07. The van der Waals surface area contributed by atoms with Crippen LogP contribution in [0.25, 0.3) is 0 Å². The van der Waals surface area contributed by atoms with Crippen LogP contribution in [0.2, 0.25) is 0 Å². The molecule has 0 unspecified atom stereocenters. The summed E-state index contributed by atoms with van der Waals surface area (Å²) in [4.78, 5) is 2.32. The molecule has 0 spiro atoms. The van der Waals surface area contributed by atoms with Crippen LogP contribution in [0.3, 0.4) is 0 Å². The normalized spacial score (nSPS) is 27.1. The van der Waals surface area contributed by atoms with Gasteiger partial charge in [0.25, 0.3) is 0 Å². The highest BCUT2D eigenvalue weighted by Crippen LogP contribution is 2.27. The molecule has 3 rings (SSSR count). The molecule has 2 heterocycles. The van der Waals surface area contributed by atoms with Crippen molar-refractivity contribution >= 4 is 0 Å². The predicted molar refractivity (Wildman–Crippen MR) is 66.2 cm³/mol. The first-order chi connectivity index (χ1) is 8.76. The van der Waals surface area contributed by atoms with Crippen molar-refractivity contribution in [1.82, 2.24) is 10.2 Å². The average Bonchev–Trinajstić information content (AvgIpc) is 2.92. The van der Waals surface area contributed by atoms with Crippen LogP contribution in [-0.4, -0.2) is 31.1 Å². The Hall–Kier alpha value is -1.44. The molecule has 2 atom stereocenters. The second-order valence-electron chi connectivity index (χ2n) is 5.29. The summed E-state index contributed by atoms with van der Waals surface area (Å²) >= 11 is 0. The fraction of sp³-hybridized carbons (Fsp3) is 0.500. The predicted octanol–water partition coefficient (Wildman–Crippen LogP) is 1.35. The summed E-state index contributed by atoms with van der Waals surface area (Å²) in [5.41, 5.74) is 1.08. The van der Waals surface area contributed by atoms with Gasteiger partial charge in [0.1, 0.15) is 5.82 Å². The van der Waals surface area contributed by atoms with Gasteiger partial charge in [-0.15, -0.1) is 0 Å². The van der Waals surface area contributed by atoms with Crippen LogP contribution in [0.15, 0.2) is 18.2 Å². The summed E-state index contributed by atoms with van der Waals surface area (Å²) in [6.07, 6.45) is 0. The standard InChI is InChI=1S/C14H16FN3/c15-14-3-10(4-16)1-2-11(14)7-18-8-12-5-17-6-13(12)9-18/h1-3,12-13,17H,5-9H2/t12-,13+. The molecule has 1 N–H and O–H groups in total. The summed E-state index contributed by atoms with van der Waals surface area (Å²) < 4.78 is 13.8. The van der Waals surface area contributed by atoms with Gasteiger partial charge in [0.15, 0.2) is 0 Å². The SMILES string of the molecule is N#Cc1ccc(CN2C[C@H]3CNC[C@H]3C2)c(F)c1. The molecular formula is C14H16FN3. The molecule has 1 aromatic rings. The fourth-order valence-corrected chi connectivity index (χ4v) is 3.07. The minimum absolute atomic E-state index is 0.260. The van der Waals surface area contributed by atoms with Crippen molar-refractivity contribution in [2.75, 3.05) is 26.2 Å². The zero-order valence-electron chi connectivity index (χ0n) is 10.2. The smallest absolute Gasteiger partial charge is 0.129 e. The van der Waals surface area contributed by atoms with E-state index in [1.54, 1.807) is 12.1 Å². The number of nitrogens with one attached hydrogen (secondary N) is 1. The lowest BCUT2D eigenvalue weighted by molar-refractivity contribution is 0.301. The first-order valence-corrected chi connectivity index (χ1v) is 6.38. The van der Waals surface area contributed by atoms with Gasteiger partial charge in [0.05, 0.1) is 11.6 Å². The summed E-state index contributed by atoms with van der Waals surface area (Å²) in [6, 6.07) is 6.71. The Kier molecular flexibility index (Phi) is 3.02. The van der Waals surface area contributed by atoms with Crippen molar-refractivity contribution in [1.29, 1.82) is 5.26 Å². The van der Waals surface area contributed by atoms with Crippen LogP contribution in [0.1, 0.15) is 11.1 Å². The third-order valence-electron chi connectivity index (χ3n) is 4.04. The van der Waals surface area contributed by atoms with Gasteiger partial charge >= 0.3 is 0 Å². The largest absolute Gasteiger partial charge is 0.316 e. The lowest BCUT2D eigenvalue weighted by atomic mass is 10.0. The number of halogens is 1. The van der Waals surface area contributed by atoms with Gasteiger partial charge in [0.2, 0.25) is 0 Å². The van der Waals surface area contributed by atoms with Gasteiger partial charge in [-0.1, -0.05) is 6.07 Å². The molecule has 94 valence electrons. The third kappa shape index (κ3) is 2.12. The van der Waals surface area contributed by atoms with Gasteiger partial charge in [-0.05, 0) is 37.1 Å². The second kappa shape index (κ2) is 4.68. The Morgan fingerprint density at radius 2 is 2.06 bits per heavy atom. The van der Waals surface area contributed by atoms with E-state index in [9.17, 15) is 4.39 Å². The van der Waals surface area contributed by atoms with E-state index < -0.39 is 0 Å². The van der Waals surface area contributed by atoms with E-state index in [0.29, 0.717) is 17.7 Å². The van der Waals surface area contributed by atoms with Crippen LogP contribution in [0.5, 0.6) is 0 Å². The number of hydrogen-bond donors (Lipinski definition) is 1. The maximum atomic E-state index is 13.8. The van der Waals surface area contributed by atoms with Crippen LogP contribution < -0.4 is 5.32 Å². The maximum Gasteiger partial charge on any atom is 0.129 e. The Bertz CT molecular complexity index is 482. The van der Waals surface area contributed by atoms with Crippen LogP contribution in [0, 0.1) is 29.0 Å². The van der Waals surface area contributed by atoms with Crippen LogP contribution in [0.4, 0.5) is 4.39 Å². The van der Waals surface area contributed by atoms with E-state index in [0.717, 1.165) is 38.0 Å². The molecule has 3 nitrogen and oxygen atoms in total. The number of fused-ring (bicyclic) bond motifs is 1. The van der Waals surface area contributed by atoms with Crippen LogP contribution in [-0.2, 0) is 6.54 Å². The topological polar surface area (TPSA) is 39.1 Å². The highest BCUT2D eigenvalue weighted by molar-refractivity contribution is 5.32. The quantitative estimate of drug-likeness (QED) is 0.855. The molecule has 0 aromatic heterocycles. The molecule has 2 aliphatic rings. The van der Waals surface area contributed by atoms with Gasteiger partial charge in [-0.25, -0.2) is 4.39 Å². The summed E-state index contributed by atoms with van der Waals surface area (Å²) in [7, 11) is 0. The molecule has 2 aliphatic heterocycles. The molecule has 18 heavy (non-hydrogen) atoms. The Morgan fingerprint density at radius 1 is 1.33 bits per heavy atom. The minimum Gasteiger partial charge on any atom is -0.316 e. The number of likely N-dealkylation sites (tertiary alicyclic amines) is 1. The average molecular weight is 245 g/mol. The third-order valence-corrected chi connectivity index (χ3v) is 4.04. The highest BCUT2D eigenvalue weighted by Gasteiger charge is 2.35. The van der Waals surface area contributed by atoms with Crippen LogP contribution >= 0.6 is 0 Å². The van der Waals surface area contributed by atoms with E-state index in [4.69, 9.17) is 5.26 Å². The van der Waals surface area contributed by atoms with Gasteiger partial charge in [-0.2, -0.15) is 5.26 Å². The number of nitriles is 1. The molecule has 0 saturated carbocycles. The Morgan fingerprint density at radius 3 is 2.67 bits per heavy atom. The molecule has 0 aliphatic carbocycles. The van der Waals surface area contributed by atoms with Crippen molar-refractivity contribution in [3.63, 3.8) is 0 Å².